The van der Waals surface area contributed by atoms with Gasteiger partial charge in [-0.2, -0.15) is 0 Å². The minimum Gasteiger partial charge on any atom is -0.548 e. The number of hydrogen-bond donors (Lipinski definition) is 0. The van der Waals surface area contributed by atoms with Crippen molar-refractivity contribution in [1.29, 1.82) is 0 Å². The first-order chi connectivity index (χ1) is 10.8. The number of benzene rings is 1. The Morgan fingerprint density at radius 3 is 2.78 bits per heavy atom. The Balaban J connectivity index is 2.34. The number of halogens is 1. The SMILES string of the molecule is CC[C@H](C)[C@H](C(=O)[O-])N1C(=O)/C(=C/c2cccc(Br)c2)SC1=S. The number of nitrogens with zero attached hydrogens (tertiary/aromatic N) is 1. The molecule has 1 aliphatic heterocycles. The summed E-state index contributed by atoms with van der Waals surface area (Å²) in [5, 5.41) is 11.5. The normalized spacial score (nSPS) is 19.3. The highest BCUT2D eigenvalue weighted by Crippen LogP contribution is 2.35. The minimum atomic E-state index is -1.28. The van der Waals surface area contributed by atoms with Crippen molar-refractivity contribution in [2.45, 2.75) is 26.3 Å². The van der Waals surface area contributed by atoms with Gasteiger partial charge in [-0.05, 0) is 29.7 Å². The molecule has 0 radical (unpaired) electrons. The first-order valence-electron chi connectivity index (χ1n) is 7.08. The van der Waals surface area contributed by atoms with Crippen molar-refractivity contribution in [3.05, 3.63) is 39.2 Å². The van der Waals surface area contributed by atoms with Crippen LogP contribution >= 0.6 is 39.9 Å². The van der Waals surface area contributed by atoms with Crippen LogP contribution in [0.1, 0.15) is 25.8 Å². The largest absolute Gasteiger partial charge is 0.548 e. The fraction of sp³-hybridized carbons (Fsp3) is 0.312. The second kappa shape index (κ2) is 7.59. The Labute approximate surface area is 153 Å². The molecule has 1 saturated heterocycles. The summed E-state index contributed by atoms with van der Waals surface area (Å²) >= 11 is 9.72. The number of amides is 1. The van der Waals surface area contributed by atoms with Crippen LogP contribution in [0, 0.1) is 5.92 Å². The van der Waals surface area contributed by atoms with Gasteiger partial charge in [0.2, 0.25) is 0 Å². The van der Waals surface area contributed by atoms with E-state index in [0.717, 1.165) is 21.8 Å². The number of carbonyl (C=O) groups excluding carboxylic acids is 2. The summed E-state index contributed by atoms with van der Waals surface area (Å²) in [6.45, 7) is 3.65. The molecule has 0 aromatic heterocycles. The molecule has 1 amide bonds. The lowest BCUT2D eigenvalue weighted by molar-refractivity contribution is -0.311. The molecule has 23 heavy (non-hydrogen) atoms. The van der Waals surface area contributed by atoms with Gasteiger partial charge in [-0.15, -0.1) is 0 Å². The Kier molecular flexibility index (Phi) is 6.00. The predicted octanol–water partition coefficient (Wildman–Crippen LogP) is 2.81. The van der Waals surface area contributed by atoms with E-state index in [2.05, 4.69) is 15.9 Å². The average molecular weight is 413 g/mol. The molecule has 0 spiro atoms. The number of thiocarbonyl (C=S) groups is 1. The summed E-state index contributed by atoms with van der Waals surface area (Å²) in [5.41, 5.74) is 0.841. The van der Waals surface area contributed by atoms with Crippen molar-refractivity contribution < 1.29 is 14.7 Å². The second-order valence-corrected chi connectivity index (χ2v) is 7.85. The smallest absolute Gasteiger partial charge is 0.266 e. The van der Waals surface area contributed by atoms with E-state index in [1.54, 1.807) is 13.0 Å². The Hall–Kier alpha value is -1.18. The van der Waals surface area contributed by atoms with Crippen LogP contribution in [-0.4, -0.2) is 27.1 Å². The molecule has 4 nitrogen and oxygen atoms in total. The van der Waals surface area contributed by atoms with Crippen molar-refractivity contribution >= 4 is 62.2 Å². The maximum absolute atomic E-state index is 12.6. The van der Waals surface area contributed by atoms with Crippen molar-refractivity contribution in [2.24, 2.45) is 5.92 Å². The van der Waals surface area contributed by atoms with Gasteiger partial charge in [-0.1, -0.05) is 72.3 Å². The number of carboxylic acids is 1. The maximum Gasteiger partial charge on any atom is 0.266 e. The summed E-state index contributed by atoms with van der Waals surface area (Å²) < 4.78 is 1.15. The third-order valence-corrected chi connectivity index (χ3v) is 5.50. The van der Waals surface area contributed by atoms with E-state index in [1.807, 2.05) is 31.2 Å². The molecule has 1 heterocycles. The second-order valence-electron chi connectivity index (χ2n) is 5.26. The lowest BCUT2D eigenvalue weighted by atomic mass is 9.98. The van der Waals surface area contributed by atoms with Gasteiger partial charge in [-0.3, -0.25) is 9.69 Å². The van der Waals surface area contributed by atoms with E-state index in [1.165, 1.54) is 4.90 Å². The first kappa shape index (κ1) is 18.2. The van der Waals surface area contributed by atoms with Crippen molar-refractivity contribution in [1.82, 2.24) is 4.90 Å². The Morgan fingerprint density at radius 2 is 2.22 bits per heavy atom. The molecule has 2 atom stereocenters. The third kappa shape index (κ3) is 4.02. The zero-order valence-electron chi connectivity index (χ0n) is 12.6. The average Bonchev–Trinajstić information content (AvgIpc) is 2.75. The van der Waals surface area contributed by atoms with Crippen LogP contribution in [0.25, 0.3) is 6.08 Å². The first-order valence-corrected chi connectivity index (χ1v) is 9.10. The van der Waals surface area contributed by atoms with Crippen LogP contribution in [0.4, 0.5) is 0 Å². The topological polar surface area (TPSA) is 60.4 Å². The molecular formula is C16H15BrNO3S2-. The molecule has 0 unspecified atom stereocenters. The number of hydrogen-bond acceptors (Lipinski definition) is 5. The lowest BCUT2D eigenvalue weighted by Gasteiger charge is -2.32. The van der Waals surface area contributed by atoms with E-state index in [0.29, 0.717) is 11.3 Å². The summed E-state index contributed by atoms with van der Waals surface area (Å²) in [6.07, 6.45) is 2.33. The van der Waals surface area contributed by atoms with Gasteiger partial charge in [0.05, 0.1) is 16.9 Å². The van der Waals surface area contributed by atoms with E-state index in [-0.39, 0.29) is 16.1 Å². The van der Waals surface area contributed by atoms with Crippen LogP contribution in [0.5, 0.6) is 0 Å². The van der Waals surface area contributed by atoms with Gasteiger partial charge in [-0.25, -0.2) is 0 Å². The standard InChI is InChI=1S/C16H16BrNO3S2/c1-3-9(2)13(15(20)21)18-14(19)12(23-16(18)22)8-10-5-4-6-11(17)7-10/h4-9,13H,3H2,1-2H3,(H,20,21)/p-1/b12-8-/t9-,13+/m0/s1. The number of carbonyl (C=O) groups is 2. The van der Waals surface area contributed by atoms with Gasteiger partial charge in [0.25, 0.3) is 5.91 Å². The summed E-state index contributed by atoms with van der Waals surface area (Å²) in [4.78, 5) is 25.7. The quantitative estimate of drug-likeness (QED) is 0.549. The molecule has 1 aromatic rings. The van der Waals surface area contributed by atoms with Crippen molar-refractivity contribution in [3.63, 3.8) is 0 Å². The molecule has 122 valence electrons. The monoisotopic (exact) mass is 412 g/mol. The Bertz CT molecular complexity index is 690. The minimum absolute atomic E-state index is 0.243. The van der Waals surface area contributed by atoms with Crippen molar-refractivity contribution in [3.8, 4) is 0 Å². The summed E-state index contributed by atoms with van der Waals surface area (Å²) in [7, 11) is 0. The van der Waals surface area contributed by atoms with Crippen LogP contribution in [0.2, 0.25) is 0 Å². The van der Waals surface area contributed by atoms with Gasteiger partial charge >= 0.3 is 0 Å². The molecule has 1 aromatic carbocycles. The lowest BCUT2D eigenvalue weighted by Crippen LogP contribution is -2.53. The molecular weight excluding hydrogens is 398 g/mol. The number of aliphatic carboxylic acids is 1. The fourth-order valence-electron chi connectivity index (χ4n) is 2.28. The van der Waals surface area contributed by atoms with Gasteiger partial charge in [0, 0.05) is 4.47 Å². The van der Waals surface area contributed by atoms with Crippen LogP contribution in [0.15, 0.2) is 33.6 Å². The third-order valence-electron chi connectivity index (χ3n) is 3.67. The number of rotatable bonds is 5. The molecule has 7 heteroatoms. The van der Waals surface area contributed by atoms with Gasteiger partial charge in [0.1, 0.15) is 4.32 Å². The molecule has 0 aliphatic carbocycles. The van der Waals surface area contributed by atoms with E-state index in [4.69, 9.17) is 12.2 Å². The highest BCUT2D eigenvalue weighted by atomic mass is 79.9. The van der Waals surface area contributed by atoms with E-state index < -0.39 is 12.0 Å². The Morgan fingerprint density at radius 1 is 1.52 bits per heavy atom. The van der Waals surface area contributed by atoms with Crippen LogP contribution in [-0.2, 0) is 9.59 Å². The molecule has 1 fully saturated rings. The molecule has 0 bridgehead atoms. The van der Waals surface area contributed by atoms with Crippen LogP contribution in [0.3, 0.4) is 0 Å². The molecule has 0 saturated carbocycles. The number of carboxylic acid groups (broad SMARTS) is 1. The summed E-state index contributed by atoms with van der Waals surface area (Å²) in [5.74, 6) is -1.90. The van der Waals surface area contributed by atoms with Crippen molar-refractivity contribution in [2.75, 3.05) is 0 Å². The zero-order chi connectivity index (χ0) is 17.1. The number of thioether (sulfide) groups is 1. The molecule has 2 rings (SSSR count). The zero-order valence-corrected chi connectivity index (χ0v) is 15.8. The fourth-order valence-corrected chi connectivity index (χ4v) is 4.03. The predicted molar refractivity (Wildman–Crippen MR) is 97.4 cm³/mol. The highest BCUT2D eigenvalue weighted by molar-refractivity contribution is 9.10. The van der Waals surface area contributed by atoms with E-state index >= 15 is 0 Å². The van der Waals surface area contributed by atoms with Gasteiger partial charge < -0.3 is 9.90 Å². The van der Waals surface area contributed by atoms with Crippen LogP contribution < -0.4 is 5.11 Å². The summed E-state index contributed by atoms with van der Waals surface area (Å²) in [6, 6.07) is 6.44. The molecule has 0 N–H and O–H groups in total. The molecule has 1 aliphatic rings. The van der Waals surface area contributed by atoms with Gasteiger partial charge in [0.15, 0.2) is 0 Å². The highest BCUT2D eigenvalue weighted by Gasteiger charge is 2.39. The van der Waals surface area contributed by atoms with E-state index in [9.17, 15) is 14.7 Å². The maximum atomic E-state index is 12.6.